The molecule has 0 aromatic carbocycles. The summed E-state index contributed by atoms with van der Waals surface area (Å²) in [5.41, 5.74) is 0. The molecule has 6 nitrogen and oxygen atoms in total. The molecule has 6 heteroatoms. The Hall–Kier alpha value is -1.92. The van der Waals surface area contributed by atoms with E-state index in [-0.39, 0.29) is 18.5 Å². The second-order valence-corrected chi connectivity index (χ2v) is 20.7. The first kappa shape index (κ1) is 66.1. The summed E-state index contributed by atoms with van der Waals surface area (Å²) in [7, 11) is 0. The van der Waals surface area contributed by atoms with E-state index in [1.54, 1.807) is 0 Å². The number of esters is 1. The quantitative estimate of drug-likeness (QED) is 0.0244. The van der Waals surface area contributed by atoms with Crippen molar-refractivity contribution in [1.29, 1.82) is 0 Å². The summed E-state index contributed by atoms with van der Waals surface area (Å²) in [6, 6.07) is -0.550. The first-order valence-electron chi connectivity index (χ1n) is 30.3. The minimum absolute atomic E-state index is 0.0211. The van der Waals surface area contributed by atoms with Gasteiger partial charge in [0.25, 0.3) is 0 Å². The highest BCUT2D eigenvalue weighted by molar-refractivity contribution is 5.76. The summed E-state index contributed by atoms with van der Waals surface area (Å²) < 4.78 is 5.45. The molecule has 1 amide bonds. The molecule has 0 aliphatic heterocycles. The molecule has 0 bridgehead atoms. The largest absolute Gasteiger partial charge is 0.466 e. The Bertz CT molecular complexity index is 1100. The van der Waals surface area contributed by atoms with Gasteiger partial charge in [-0.2, -0.15) is 0 Å². The number of amides is 1. The summed E-state index contributed by atoms with van der Waals surface area (Å²) in [6.45, 7) is 4.92. The molecule has 400 valence electrons. The number of carbonyl (C=O) groups is 2. The van der Waals surface area contributed by atoms with Gasteiger partial charge in [-0.1, -0.05) is 262 Å². The number of carbonyl (C=O) groups excluding carboxylic acids is 2. The molecule has 0 aliphatic rings. The van der Waals surface area contributed by atoms with Crippen LogP contribution in [0.25, 0.3) is 0 Å². The van der Waals surface area contributed by atoms with Crippen LogP contribution >= 0.6 is 0 Å². The predicted octanol–water partition coefficient (Wildman–Crippen LogP) is 18.8. The maximum Gasteiger partial charge on any atom is 0.305 e. The molecular weight excluding hydrogens is 839 g/mol. The van der Waals surface area contributed by atoms with Crippen molar-refractivity contribution in [3.63, 3.8) is 0 Å². The van der Waals surface area contributed by atoms with Crippen molar-refractivity contribution in [2.75, 3.05) is 13.2 Å². The Balaban J connectivity index is 3.48. The molecule has 0 aromatic rings. The smallest absolute Gasteiger partial charge is 0.305 e. The summed E-state index contributed by atoms with van der Waals surface area (Å²) in [6.07, 6.45) is 71.4. The Labute approximate surface area is 424 Å². The van der Waals surface area contributed by atoms with Gasteiger partial charge in [-0.15, -0.1) is 0 Å². The SMILES string of the molecule is CCCCCCCC/C=C\CCCCCCCC(=O)OCCCCC/C=C\C=C/CCCCCCCCCCCCC(=O)NC(CO)C(O)CCCCCCCCCCCCCCCCCCC. The number of aliphatic hydroxyl groups excluding tert-OH is 2. The van der Waals surface area contributed by atoms with Crippen LogP contribution in [0.1, 0.15) is 322 Å². The van der Waals surface area contributed by atoms with Crippen LogP contribution in [0.3, 0.4) is 0 Å². The lowest BCUT2D eigenvalue weighted by Gasteiger charge is -2.22. The van der Waals surface area contributed by atoms with Crippen molar-refractivity contribution in [2.45, 2.75) is 334 Å². The van der Waals surface area contributed by atoms with E-state index < -0.39 is 12.1 Å². The zero-order valence-corrected chi connectivity index (χ0v) is 45.6. The molecule has 0 heterocycles. The molecule has 0 radical (unpaired) electrons. The number of nitrogens with one attached hydrogen (secondary N) is 1. The standard InChI is InChI=1S/C62H117NO5/c1-3-5-7-9-11-13-15-17-19-23-27-30-34-38-42-46-50-54-60(65)59(58-64)63-61(66)55-51-47-43-39-35-31-28-24-21-20-22-25-29-33-37-41-45-49-53-57-68-62(67)56-52-48-44-40-36-32-26-18-16-14-12-10-8-6-4-2/h18,25-26,29,33,37,59-60,64-65H,3-17,19-24,27-28,30-32,34-36,38-58H2,1-2H3,(H,63,66)/b26-18-,29-25-,37-33-. The fraction of sp³-hybridized carbons (Fsp3) is 0.871. The number of allylic oxidation sites excluding steroid dienone is 6. The van der Waals surface area contributed by atoms with Gasteiger partial charge in [-0.3, -0.25) is 9.59 Å². The Morgan fingerprint density at radius 2 is 0.735 bits per heavy atom. The predicted molar refractivity (Wildman–Crippen MR) is 296 cm³/mol. The van der Waals surface area contributed by atoms with Gasteiger partial charge in [0, 0.05) is 12.8 Å². The van der Waals surface area contributed by atoms with E-state index in [0.29, 0.717) is 25.9 Å². The minimum atomic E-state index is -0.672. The molecule has 3 N–H and O–H groups in total. The average molecular weight is 957 g/mol. The Morgan fingerprint density at radius 3 is 1.13 bits per heavy atom. The molecule has 0 saturated heterocycles. The lowest BCUT2D eigenvalue weighted by molar-refractivity contribution is -0.143. The topological polar surface area (TPSA) is 95.9 Å². The van der Waals surface area contributed by atoms with Crippen LogP contribution in [-0.2, 0) is 14.3 Å². The van der Waals surface area contributed by atoms with Gasteiger partial charge >= 0.3 is 5.97 Å². The maximum atomic E-state index is 12.5. The van der Waals surface area contributed by atoms with E-state index in [4.69, 9.17) is 4.74 Å². The molecule has 68 heavy (non-hydrogen) atoms. The van der Waals surface area contributed by atoms with E-state index >= 15 is 0 Å². The summed E-state index contributed by atoms with van der Waals surface area (Å²) in [5, 5.41) is 23.3. The number of unbranched alkanes of at least 4 members (excludes halogenated alkanes) is 40. The molecule has 0 saturated carbocycles. The third kappa shape index (κ3) is 53.4. The van der Waals surface area contributed by atoms with Crippen LogP contribution in [-0.4, -0.2) is 47.4 Å². The van der Waals surface area contributed by atoms with Gasteiger partial charge in [0.2, 0.25) is 5.91 Å². The van der Waals surface area contributed by atoms with Gasteiger partial charge in [0.15, 0.2) is 0 Å². The van der Waals surface area contributed by atoms with E-state index in [1.807, 2.05) is 0 Å². The number of aliphatic hydroxyl groups is 2. The second kappa shape index (κ2) is 57.7. The fourth-order valence-corrected chi connectivity index (χ4v) is 9.27. The van der Waals surface area contributed by atoms with Crippen molar-refractivity contribution < 1.29 is 24.5 Å². The van der Waals surface area contributed by atoms with Crippen LogP contribution in [0, 0.1) is 0 Å². The number of hydrogen-bond acceptors (Lipinski definition) is 5. The summed E-state index contributed by atoms with van der Waals surface area (Å²) in [5.74, 6) is -0.0645. The zero-order chi connectivity index (χ0) is 49.3. The van der Waals surface area contributed by atoms with Crippen molar-refractivity contribution in [2.24, 2.45) is 0 Å². The van der Waals surface area contributed by atoms with E-state index in [1.165, 1.54) is 218 Å². The van der Waals surface area contributed by atoms with Gasteiger partial charge in [-0.25, -0.2) is 0 Å². The summed E-state index contributed by atoms with van der Waals surface area (Å²) >= 11 is 0. The van der Waals surface area contributed by atoms with Gasteiger partial charge in [-0.05, 0) is 83.5 Å². The number of hydrogen-bond donors (Lipinski definition) is 3. The van der Waals surface area contributed by atoms with E-state index in [9.17, 15) is 19.8 Å². The second-order valence-electron chi connectivity index (χ2n) is 20.7. The lowest BCUT2D eigenvalue weighted by Crippen LogP contribution is -2.45. The van der Waals surface area contributed by atoms with Gasteiger partial charge < -0.3 is 20.3 Å². The number of rotatable bonds is 56. The van der Waals surface area contributed by atoms with Crippen LogP contribution in [0.4, 0.5) is 0 Å². The first-order valence-corrected chi connectivity index (χ1v) is 30.3. The Morgan fingerprint density at radius 1 is 0.412 bits per heavy atom. The molecular formula is C62H117NO5. The van der Waals surface area contributed by atoms with Crippen LogP contribution in [0.5, 0.6) is 0 Å². The highest BCUT2D eigenvalue weighted by Gasteiger charge is 2.20. The number of ether oxygens (including phenoxy) is 1. The molecule has 2 atom stereocenters. The summed E-state index contributed by atoms with van der Waals surface area (Å²) in [4.78, 5) is 24.5. The Kier molecular flexibility index (Phi) is 56.0. The molecule has 2 unspecified atom stereocenters. The lowest BCUT2D eigenvalue weighted by atomic mass is 10.0. The van der Waals surface area contributed by atoms with Gasteiger partial charge in [0.05, 0.1) is 25.4 Å². The third-order valence-electron chi connectivity index (χ3n) is 13.9. The molecule has 0 spiro atoms. The zero-order valence-electron chi connectivity index (χ0n) is 45.6. The highest BCUT2D eigenvalue weighted by atomic mass is 16.5. The van der Waals surface area contributed by atoms with Crippen LogP contribution in [0.2, 0.25) is 0 Å². The monoisotopic (exact) mass is 956 g/mol. The molecule has 0 aromatic heterocycles. The first-order chi connectivity index (χ1) is 33.5. The van der Waals surface area contributed by atoms with Crippen molar-refractivity contribution >= 4 is 11.9 Å². The van der Waals surface area contributed by atoms with E-state index in [0.717, 1.165) is 70.6 Å². The van der Waals surface area contributed by atoms with Crippen LogP contribution in [0.15, 0.2) is 36.5 Å². The van der Waals surface area contributed by atoms with Crippen molar-refractivity contribution in [3.05, 3.63) is 36.5 Å². The van der Waals surface area contributed by atoms with Crippen LogP contribution < -0.4 is 5.32 Å². The molecule has 0 rings (SSSR count). The van der Waals surface area contributed by atoms with Crippen molar-refractivity contribution in [3.8, 4) is 0 Å². The average Bonchev–Trinajstić information content (AvgIpc) is 3.34. The third-order valence-corrected chi connectivity index (χ3v) is 13.9. The van der Waals surface area contributed by atoms with Gasteiger partial charge in [0.1, 0.15) is 0 Å². The fourth-order valence-electron chi connectivity index (χ4n) is 9.27. The van der Waals surface area contributed by atoms with E-state index in [2.05, 4.69) is 55.6 Å². The molecule has 0 aliphatic carbocycles. The van der Waals surface area contributed by atoms with Crippen molar-refractivity contribution in [1.82, 2.24) is 5.32 Å². The maximum absolute atomic E-state index is 12.5. The highest BCUT2D eigenvalue weighted by Crippen LogP contribution is 2.17. The normalized spacial score (nSPS) is 12.8. The molecule has 0 fully saturated rings. The minimum Gasteiger partial charge on any atom is -0.466 e.